The zero-order chi connectivity index (χ0) is 19.8. The molecule has 10 heteroatoms. The van der Waals surface area contributed by atoms with Crippen LogP contribution in [-0.2, 0) is 0 Å². The summed E-state index contributed by atoms with van der Waals surface area (Å²) in [5.41, 5.74) is -0.203. The lowest BCUT2D eigenvalue weighted by Crippen LogP contribution is -2.29. The summed E-state index contributed by atoms with van der Waals surface area (Å²) in [5, 5.41) is 19.7. The molecule has 0 spiro atoms. The van der Waals surface area contributed by atoms with Crippen molar-refractivity contribution in [2.45, 2.75) is 0 Å². The Hall–Kier alpha value is -4.08. The van der Waals surface area contributed by atoms with Crippen LogP contribution in [0.15, 0.2) is 61.1 Å². The Balaban J connectivity index is 1.51. The predicted molar refractivity (Wildman–Crippen MR) is 103 cm³/mol. The van der Waals surface area contributed by atoms with Crippen LogP contribution in [-0.4, -0.2) is 38.9 Å². The number of para-hydroxylation sites is 1. The van der Waals surface area contributed by atoms with Crippen LogP contribution in [0.4, 0.5) is 23.1 Å². The molecule has 3 N–H and O–H groups in total. The van der Waals surface area contributed by atoms with Gasteiger partial charge in [-0.05, 0) is 18.2 Å². The SMILES string of the molecule is O=C(NCCNc1cc(Nc2ccccn2)ncn1)c1ccccc1[N+](=O)[O-]. The predicted octanol–water partition coefficient (Wildman–Crippen LogP) is 2.37. The highest BCUT2D eigenvalue weighted by Crippen LogP contribution is 2.17. The van der Waals surface area contributed by atoms with Crippen LogP contribution in [0.1, 0.15) is 10.4 Å². The van der Waals surface area contributed by atoms with E-state index in [-0.39, 0.29) is 17.8 Å². The fraction of sp³-hybridized carbons (Fsp3) is 0.111. The first kappa shape index (κ1) is 18.7. The lowest BCUT2D eigenvalue weighted by molar-refractivity contribution is -0.385. The minimum absolute atomic E-state index is 0.0244. The maximum atomic E-state index is 12.2. The first-order chi connectivity index (χ1) is 13.6. The van der Waals surface area contributed by atoms with Crippen molar-refractivity contribution in [3.05, 3.63) is 76.7 Å². The summed E-state index contributed by atoms with van der Waals surface area (Å²) in [7, 11) is 0. The molecule has 0 saturated heterocycles. The summed E-state index contributed by atoms with van der Waals surface area (Å²) in [6.07, 6.45) is 3.07. The number of pyridine rings is 1. The van der Waals surface area contributed by atoms with Gasteiger partial charge >= 0.3 is 0 Å². The van der Waals surface area contributed by atoms with E-state index >= 15 is 0 Å². The molecular weight excluding hydrogens is 362 g/mol. The van der Waals surface area contributed by atoms with E-state index in [9.17, 15) is 14.9 Å². The molecule has 0 saturated carbocycles. The van der Waals surface area contributed by atoms with Crippen molar-refractivity contribution >= 4 is 29.0 Å². The molecule has 3 rings (SSSR count). The van der Waals surface area contributed by atoms with Gasteiger partial charge in [0, 0.05) is 31.4 Å². The number of carbonyl (C=O) groups is 1. The molecule has 0 aliphatic rings. The lowest BCUT2D eigenvalue weighted by Gasteiger charge is -2.09. The normalized spacial score (nSPS) is 10.1. The van der Waals surface area contributed by atoms with Gasteiger partial charge < -0.3 is 16.0 Å². The Morgan fingerprint density at radius 3 is 2.54 bits per heavy atom. The molecule has 10 nitrogen and oxygen atoms in total. The van der Waals surface area contributed by atoms with Crippen LogP contribution >= 0.6 is 0 Å². The van der Waals surface area contributed by atoms with Crippen LogP contribution in [0, 0.1) is 10.1 Å². The molecule has 0 atom stereocenters. The van der Waals surface area contributed by atoms with E-state index in [0.29, 0.717) is 24.0 Å². The maximum Gasteiger partial charge on any atom is 0.282 e. The molecule has 2 aromatic heterocycles. The number of carbonyl (C=O) groups excluding carboxylic acids is 1. The quantitative estimate of drug-likeness (QED) is 0.308. The van der Waals surface area contributed by atoms with E-state index in [1.165, 1.54) is 24.5 Å². The average Bonchev–Trinajstić information content (AvgIpc) is 2.72. The van der Waals surface area contributed by atoms with E-state index in [0.717, 1.165) is 0 Å². The van der Waals surface area contributed by atoms with Gasteiger partial charge in [-0.1, -0.05) is 18.2 Å². The summed E-state index contributed by atoms with van der Waals surface area (Å²) < 4.78 is 0. The number of hydrogen-bond donors (Lipinski definition) is 3. The molecule has 0 aliphatic carbocycles. The van der Waals surface area contributed by atoms with Crippen LogP contribution in [0.3, 0.4) is 0 Å². The van der Waals surface area contributed by atoms with E-state index in [1.807, 2.05) is 18.2 Å². The van der Waals surface area contributed by atoms with Crippen molar-refractivity contribution in [2.75, 3.05) is 23.7 Å². The van der Waals surface area contributed by atoms with Gasteiger partial charge in [-0.3, -0.25) is 14.9 Å². The Morgan fingerprint density at radius 1 is 0.964 bits per heavy atom. The third-order valence-corrected chi connectivity index (χ3v) is 3.65. The fourth-order valence-electron chi connectivity index (χ4n) is 2.38. The molecule has 1 aromatic carbocycles. The van der Waals surface area contributed by atoms with Gasteiger partial charge in [-0.2, -0.15) is 0 Å². The third kappa shape index (κ3) is 4.97. The van der Waals surface area contributed by atoms with Gasteiger partial charge in [0.25, 0.3) is 11.6 Å². The fourth-order valence-corrected chi connectivity index (χ4v) is 2.38. The Labute approximate surface area is 160 Å². The topological polar surface area (TPSA) is 135 Å². The van der Waals surface area contributed by atoms with Gasteiger partial charge in [0.15, 0.2) is 0 Å². The minimum Gasteiger partial charge on any atom is -0.368 e. The van der Waals surface area contributed by atoms with Crippen LogP contribution in [0.5, 0.6) is 0 Å². The van der Waals surface area contributed by atoms with E-state index < -0.39 is 10.8 Å². The second kappa shape index (κ2) is 9.03. The van der Waals surface area contributed by atoms with Crippen molar-refractivity contribution in [3.63, 3.8) is 0 Å². The average molecular weight is 379 g/mol. The van der Waals surface area contributed by atoms with Gasteiger partial charge in [0.1, 0.15) is 29.3 Å². The minimum atomic E-state index is -0.579. The number of nitro groups is 1. The highest BCUT2D eigenvalue weighted by Gasteiger charge is 2.18. The summed E-state index contributed by atoms with van der Waals surface area (Å²) in [6, 6.07) is 13.0. The first-order valence-electron chi connectivity index (χ1n) is 8.39. The van der Waals surface area contributed by atoms with Crippen molar-refractivity contribution in [1.29, 1.82) is 0 Å². The van der Waals surface area contributed by atoms with E-state index in [4.69, 9.17) is 0 Å². The number of nitrogens with one attached hydrogen (secondary N) is 3. The molecule has 142 valence electrons. The first-order valence-corrected chi connectivity index (χ1v) is 8.39. The van der Waals surface area contributed by atoms with Gasteiger partial charge in [-0.15, -0.1) is 0 Å². The lowest BCUT2D eigenvalue weighted by atomic mass is 10.1. The second-order valence-electron chi connectivity index (χ2n) is 5.59. The number of amides is 1. The Kier molecular flexibility index (Phi) is 6.03. The van der Waals surface area contributed by atoms with Crippen LogP contribution in [0.25, 0.3) is 0 Å². The molecule has 0 bridgehead atoms. The molecule has 3 aromatic rings. The largest absolute Gasteiger partial charge is 0.368 e. The second-order valence-corrected chi connectivity index (χ2v) is 5.59. The van der Waals surface area contributed by atoms with Crippen molar-refractivity contribution < 1.29 is 9.72 Å². The summed E-state index contributed by atoms with van der Waals surface area (Å²) in [6.45, 7) is 0.643. The number of nitrogens with zero attached hydrogens (tertiary/aromatic N) is 4. The molecule has 0 radical (unpaired) electrons. The molecule has 0 aliphatic heterocycles. The van der Waals surface area contributed by atoms with Crippen molar-refractivity contribution in [2.24, 2.45) is 0 Å². The summed E-state index contributed by atoms with van der Waals surface area (Å²) in [4.78, 5) is 35.0. The monoisotopic (exact) mass is 379 g/mol. The van der Waals surface area contributed by atoms with E-state index in [2.05, 4.69) is 30.9 Å². The summed E-state index contributed by atoms with van der Waals surface area (Å²) >= 11 is 0. The molecule has 2 heterocycles. The molecule has 1 amide bonds. The van der Waals surface area contributed by atoms with Crippen LogP contribution in [0.2, 0.25) is 0 Å². The maximum absolute atomic E-state index is 12.2. The standard InChI is InChI=1S/C18H17N7O3/c26-18(13-5-1-2-6-14(13)25(27)28)21-10-9-20-16-11-17(23-12-22-16)24-15-7-3-4-8-19-15/h1-8,11-12H,9-10H2,(H,21,26)(H2,19,20,22,23,24). The highest BCUT2D eigenvalue weighted by molar-refractivity contribution is 5.98. The van der Waals surface area contributed by atoms with Gasteiger partial charge in [0.2, 0.25) is 0 Å². The molecule has 0 unspecified atom stereocenters. The number of hydrogen-bond acceptors (Lipinski definition) is 8. The smallest absolute Gasteiger partial charge is 0.282 e. The molecule has 28 heavy (non-hydrogen) atoms. The Morgan fingerprint density at radius 2 is 1.75 bits per heavy atom. The number of anilines is 3. The summed E-state index contributed by atoms with van der Waals surface area (Å²) in [5.74, 6) is 1.28. The van der Waals surface area contributed by atoms with Crippen molar-refractivity contribution in [1.82, 2.24) is 20.3 Å². The highest BCUT2D eigenvalue weighted by atomic mass is 16.6. The van der Waals surface area contributed by atoms with Crippen LogP contribution < -0.4 is 16.0 Å². The number of nitro benzene ring substituents is 1. The van der Waals surface area contributed by atoms with Gasteiger partial charge in [0.05, 0.1) is 4.92 Å². The molecular formula is C18H17N7O3. The third-order valence-electron chi connectivity index (χ3n) is 3.65. The number of aromatic nitrogens is 3. The zero-order valence-electron chi connectivity index (χ0n) is 14.7. The van der Waals surface area contributed by atoms with Crippen molar-refractivity contribution in [3.8, 4) is 0 Å². The zero-order valence-corrected chi connectivity index (χ0v) is 14.7. The number of rotatable bonds is 8. The van der Waals surface area contributed by atoms with Gasteiger partial charge in [-0.25, -0.2) is 15.0 Å². The number of benzene rings is 1. The molecule has 0 fully saturated rings. The Bertz CT molecular complexity index is 966. The van der Waals surface area contributed by atoms with E-state index in [1.54, 1.807) is 18.3 Å².